The molecule has 0 saturated carbocycles. The maximum atomic E-state index is 5.93. The second kappa shape index (κ2) is 3.56. The van der Waals surface area contributed by atoms with Gasteiger partial charge in [-0.3, -0.25) is 4.40 Å². The van der Waals surface area contributed by atoms with Crippen molar-refractivity contribution in [3.63, 3.8) is 0 Å². The smallest absolute Gasteiger partial charge is 0.236 e. The number of aromatic nitrogens is 4. The summed E-state index contributed by atoms with van der Waals surface area (Å²) in [4.78, 5) is 0. The van der Waals surface area contributed by atoms with E-state index in [1.54, 1.807) is 0 Å². The Morgan fingerprint density at radius 3 is 2.59 bits per heavy atom. The third kappa shape index (κ3) is 1.29. The lowest BCUT2D eigenvalue weighted by Crippen LogP contribution is -2.09. The van der Waals surface area contributed by atoms with Crippen LogP contribution in [-0.2, 0) is 6.54 Å². The van der Waals surface area contributed by atoms with Crippen LogP contribution in [0.5, 0.6) is 0 Å². The van der Waals surface area contributed by atoms with Crippen LogP contribution in [0, 0.1) is 0 Å². The third-order valence-corrected chi connectivity index (χ3v) is 3.05. The molecule has 1 atom stereocenters. The molecule has 0 saturated heterocycles. The first kappa shape index (κ1) is 10.3. The van der Waals surface area contributed by atoms with Crippen LogP contribution in [0.4, 0.5) is 0 Å². The van der Waals surface area contributed by atoms with Gasteiger partial charge >= 0.3 is 0 Å². The first-order valence-corrected chi connectivity index (χ1v) is 5.82. The molecule has 1 unspecified atom stereocenters. The van der Waals surface area contributed by atoms with E-state index < -0.39 is 0 Å². The van der Waals surface area contributed by atoms with E-state index in [0.29, 0.717) is 0 Å². The number of fused-ring (bicyclic) bond motifs is 3. The Balaban J connectivity index is 2.52. The minimum atomic E-state index is -0.124. The molecular formula is C12H15N5. The summed E-state index contributed by atoms with van der Waals surface area (Å²) in [6.07, 6.45) is 0. The lowest BCUT2D eigenvalue weighted by atomic mass is 10.3. The number of hydrogen-bond acceptors (Lipinski definition) is 3. The van der Waals surface area contributed by atoms with Crippen molar-refractivity contribution in [1.29, 1.82) is 0 Å². The van der Waals surface area contributed by atoms with Gasteiger partial charge in [0, 0.05) is 6.54 Å². The van der Waals surface area contributed by atoms with Crippen molar-refractivity contribution in [1.82, 2.24) is 19.2 Å². The van der Waals surface area contributed by atoms with Gasteiger partial charge in [-0.25, -0.2) is 0 Å². The quantitative estimate of drug-likeness (QED) is 0.728. The molecule has 2 N–H and O–H groups in total. The number of nitrogens with two attached hydrogens (primary N) is 1. The van der Waals surface area contributed by atoms with E-state index in [1.165, 1.54) is 5.52 Å². The van der Waals surface area contributed by atoms with Gasteiger partial charge in [0.15, 0.2) is 5.82 Å². The van der Waals surface area contributed by atoms with Crippen LogP contribution in [-0.4, -0.2) is 19.2 Å². The fraction of sp³-hybridized carbons (Fsp3) is 0.333. The highest BCUT2D eigenvalue weighted by atomic mass is 15.3. The molecule has 1 aromatic carbocycles. The van der Waals surface area contributed by atoms with Gasteiger partial charge in [0.1, 0.15) is 0 Å². The average Bonchev–Trinajstić information content (AvgIpc) is 2.86. The summed E-state index contributed by atoms with van der Waals surface area (Å²) in [7, 11) is 0. The minimum Gasteiger partial charge on any atom is -0.322 e. The van der Waals surface area contributed by atoms with E-state index >= 15 is 0 Å². The predicted molar refractivity (Wildman–Crippen MR) is 66.8 cm³/mol. The number of nitrogens with zero attached hydrogens (tertiary/aromatic N) is 4. The van der Waals surface area contributed by atoms with E-state index in [2.05, 4.69) is 33.8 Å². The van der Waals surface area contributed by atoms with Crippen LogP contribution in [0.25, 0.3) is 16.8 Å². The summed E-state index contributed by atoms with van der Waals surface area (Å²) in [5.74, 6) is 1.67. The zero-order chi connectivity index (χ0) is 12.0. The number of imidazole rings is 1. The van der Waals surface area contributed by atoms with E-state index in [-0.39, 0.29) is 6.04 Å². The van der Waals surface area contributed by atoms with Crippen molar-refractivity contribution in [2.75, 3.05) is 0 Å². The SMILES string of the molecule is CCn1c2ccccc2n2c(C(C)N)nnc12. The van der Waals surface area contributed by atoms with Crippen molar-refractivity contribution in [3.05, 3.63) is 30.1 Å². The molecule has 5 heteroatoms. The predicted octanol–water partition coefficient (Wildman–Crippen LogP) is 1.72. The van der Waals surface area contributed by atoms with Gasteiger partial charge < -0.3 is 10.3 Å². The molecule has 5 nitrogen and oxygen atoms in total. The van der Waals surface area contributed by atoms with Crippen LogP contribution in [0.1, 0.15) is 25.7 Å². The van der Waals surface area contributed by atoms with Crippen molar-refractivity contribution in [3.8, 4) is 0 Å². The maximum absolute atomic E-state index is 5.93. The molecule has 0 fully saturated rings. The van der Waals surface area contributed by atoms with Gasteiger partial charge in [0.2, 0.25) is 5.78 Å². The van der Waals surface area contributed by atoms with E-state index in [4.69, 9.17) is 5.73 Å². The van der Waals surface area contributed by atoms with Gasteiger partial charge in [0.25, 0.3) is 0 Å². The van der Waals surface area contributed by atoms with Crippen molar-refractivity contribution >= 4 is 16.8 Å². The molecule has 0 aliphatic heterocycles. The monoisotopic (exact) mass is 229 g/mol. The molecule has 3 aromatic rings. The average molecular weight is 229 g/mol. The highest BCUT2D eigenvalue weighted by Gasteiger charge is 2.17. The Labute approximate surface area is 98.9 Å². The molecule has 2 aromatic heterocycles. The topological polar surface area (TPSA) is 61.1 Å². The largest absolute Gasteiger partial charge is 0.322 e. The number of aryl methyl sites for hydroxylation is 1. The molecule has 17 heavy (non-hydrogen) atoms. The van der Waals surface area contributed by atoms with Crippen LogP contribution in [0.2, 0.25) is 0 Å². The summed E-state index contributed by atoms with van der Waals surface area (Å²) in [5, 5.41) is 8.42. The van der Waals surface area contributed by atoms with Gasteiger partial charge in [-0.2, -0.15) is 0 Å². The summed E-state index contributed by atoms with van der Waals surface area (Å²) in [6.45, 7) is 4.90. The minimum absolute atomic E-state index is 0.124. The van der Waals surface area contributed by atoms with Crippen molar-refractivity contribution < 1.29 is 0 Å². The van der Waals surface area contributed by atoms with Gasteiger partial charge in [-0.15, -0.1) is 10.2 Å². The lowest BCUT2D eigenvalue weighted by molar-refractivity contribution is 0.732. The Morgan fingerprint density at radius 2 is 1.94 bits per heavy atom. The number of para-hydroxylation sites is 2. The van der Waals surface area contributed by atoms with Crippen LogP contribution >= 0.6 is 0 Å². The molecule has 0 spiro atoms. The Hall–Kier alpha value is -1.88. The second-order valence-corrected chi connectivity index (χ2v) is 4.22. The van der Waals surface area contributed by atoms with Crippen LogP contribution in [0.3, 0.4) is 0 Å². The fourth-order valence-electron chi connectivity index (χ4n) is 2.29. The van der Waals surface area contributed by atoms with Crippen molar-refractivity contribution in [2.45, 2.75) is 26.4 Å². The van der Waals surface area contributed by atoms with Crippen LogP contribution < -0.4 is 5.73 Å². The molecule has 2 heterocycles. The molecule has 3 rings (SSSR count). The Kier molecular flexibility index (Phi) is 2.16. The highest BCUT2D eigenvalue weighted by Crippen LogP contribution is 2.22. The highest BCUT2D eigenvalue weighted by molar-refractivity contribution is 5.81. The molecule has 0 radical (unpaired) electrons. The fourth-order valence-corrected chi connectivity index (χ4v) is 2.29. The summed E-state index contributed by atoms with van der Waals surface area (Å²) >= 11 is 0. The third-order valence-electron chi connectivity index (χ3n) is 3.05. The molecule has 0 bridgehead atoms. The van der Waals surface area contributed by atoms with Crippen molar-refractivity contribution in [2.24, 2.45) is 5.73 Å². The van der Waals surface area contributed by atoms with Gasteiger partial charge in [-0.1, -0.05) is 12.1 Å². The summed E-state index contributed by atoms with van der Waals surface area (Å²) in [6, 6.07) is 8.10. The normalized spacial score (nSPS) is 13.6. The number of benzene rings is 1. The zero-order valence-corrected chi connectivity index (χ0v) is 9.96. The Morgan fingerprint density at radius 1 is 1.24 bits per heavy atom. The van der Waals surface area contributed by atoms with Crippen LogP contribution in [0.15, 0.2) is 24.3 Å². The van der Waals surface area contributed by atoms with Gasteiger partial charge in [-0.05, 0) is 26.0 Å². The standard InChI is InChI=1S/C12H15N5/c1-3-16-9-6-4-5-7-10(9)17-11(8(2)13)14-15-12(16)17/h4-8H,3,13H2,1-2H3. The van der Waals surface area contributed by atoms with E-state index in [1.807, 2.05) is 23.5 Å². The number of rotatable bonds is 2. The first-order chi connectivity index (χ1) is 8.24. The first-order valence-electron chi connectivity index (χ1n) is 5.82. The molecule has 0 aliphatic rings. The molecule has 88 valence electrons. The summed E-state index contributed by atoms with van der Waals surface area (Å²) in [5.41, 5.74) is 8.21. The van der Waals surface area contributed by atoms with E-state index in [0.717, 1.165) is 23.7 Å². The summed E-state index contributed by atoms with van der Waals surface area (Å²) < 4.78 is 4.19. The molecular weight excluding hydrogens is 214 g/mol. The molecule has 0 aliphatic carbocycles. The number of hydrogen-bond donors (Lipinski definition) is 1. The zero-order valence-electron chi connectivity index (χ0n) is 9.96. The molecule has 0 amide bonds. The Bertz CT molecular complexity index is 677. The second-order valence-electron chi connectivity index (χ2n) is 4.22. The lowest BCUT2D eigenvalue weighted by Gasteiger charge is -2.00. The maximum Gasteiger partial charge on any atom is 0.236 e. The van der Waals surface area contributed by atoms with E-state index in [9.17, 15) is 0 Å². The van der Waals surface area contributed by atoms with Gasteiger partial charge in [0.05, 0.1) is 17.1 Å².